The fraction of sp³-hybridized carbons (Fsp3) is 0.208. The van der Waals surface area contributed by atoms with Crippen LogP contribution in [0.15, 0.2) is 65.7 Å². The predicted octanol–water partition coefficient (Wildman–Crippen LogP) is 4.04. The predicted molar refractivity (Wildman–Crippen MR) is 119 cm³/mol. The summed E-state index contributed by atoms with van der Waals surface area (Å²) in [6.45, 7) is 1.38. The molecule has 0 aliphatic carbocycles. The average Bonchev–Trinajstić information content (AvgIpc) is 3.18. The van der Waals surface area contributed by atoms with Gasteiger partial charge in [-0.15, -0.1) is 11.3 Å². The van der Waals surface area contributed by atoms with Gasteiger partial charge in [0.05, 0.1) is 23.8 Å². The first-order valence-corrected chi connectivity index (χ1v) is 11.0. The number of hydrogen-bond donors (Lipinski definition) is 0. The number of nitrogens with zero attached hydrogens (tertiary/aromatic N) is 3. The van der Waals surface area contributed by atoms with Crippen molar-refractivity contribution in [3.63, 3.8) is 0 Å². The maximum Gasteiger partial charge on any atom is 0.262 e. The van der Waals surface area contributed by atoms with Crippen LogP contribution >= 0.6 is 11.3 Å². The Bertz CT molecular complexity index is 1330. The molecule has 0 saturated carbocycles. The van der Waals surface area contributed by atoms with Crippen molar-refractivity contribution in [3.8, 4) is 0 Å². The summed E-state index contributed by atoms with van der Waals surface area (Å²) in [6, 6.07) is 16.1. The average molecular weight is 434 g/mol. The Labute approximate surface area is 182 Å². The molecule has 0 N–H and O–H groups in total. The molecule has 0 spiro atoms. The van der Waals surface area contributed by atoms with Crippen LogP contribution in [0, 0.1) is 5.82 Å². The highest BCUT2D eigenvalue weighted by Crippen LogP contribution is 2.32. The lowest BCUT2D eigenvalue weighted by Gasteiger charge is -2.27. The minimum absolute atomic E-state index is 0.0349. The maximum absolute atomic E-state index is 14.1. The third kappa shape index (κ3) is 3.65. The van der Waals surface area contributed by atoms with Gasteiger partial charge in [-0.1, -0.05) is 42.5 Å². The largest absolute Gasteiger partial charge is 0.333 e. The monoisotopic (exact) mass is 433 g/mol. The Kier molecular flexibility index (Phi) is 5.11. The number of carbonyl (C=O) groups is 1. The van der Waals surface area contributed by atoms with Crippen molar-refractivity contribution in [3.05, 3.63) is 98.7 Å². The first-order valence-electron chi connectivity index (χ1n) is 10.2. The summed E-state index contributed by atoms with van der Waals surface area (Å²) < 4.78 is 15.7. The number of fused-ring (bicyclic) bond motifs is 3. The van der Waals surface area contributed by atoms with Crippen molar-refractivity contribution in [1.82, 2.24) is 14.5 Å². The van der Waals surface area contributed by atoms with Crippen molar-refractivity contribution >= 4 is 27.5 Å². The molecule has 0 bridgehead atoms. The summed E-state index contributed by atoms with van der Waals surface area (Å²) in [6.07, 6.45) is 2.93. The highest BCUT2D eigenvalue weighted by Gasteiger charge is 2.28. The van der Waals surface area contributed by atoms with Crippen LogP contribution in [-0.2, 0) is 25.9 Å². The molecule has 5 nitrogen and oxygen atoms in total. The molecular formula is C24H20FN3O2S. The topological polar surface area (TPSA) is 55.2 Å². The van der Waals surface area contributed by atoms with Crippen LogP contribution in [0.2, 0.25) is 0 Å². The van der Waals surface area contributed by atoms with Gasteiger partial charge >= 0.3 is 0 Å². The second-order valence-corrected chi connectivity index (χ2v) is 8.70. The number of aryl methyl sites for hydroxylation is 2. The van der Waals surface area contributed by atoms with E-state index in [0.717, 1.165) is 16.9 Å². The number of aromatic nitrogens is 2. The van der Waals surface area contributed by atoms with E-state index >= 15 is 0 Å². The summed E-state index contributed by atoms with van der Waals surface area (Å²) in [5.41, 5.74) is 2.19. The highest BCUT2D eigenvalue weighted by molar-refractivity contribution is 7.18. The molecule has 2 aromatic carbocycles. The SMILES string of the molecule is O=C(c1ccccc1F)N1CCc2c(sc3ncn(CCc4ccccc4)c(=O)c23)C1. The van der Waals surface area contributed by atoms with E-state index in [1.54, 1.807) is 27.9 Å². The first kappa shape index (κ1) is 19.6. The van der Waals surface area contributed by atoms with E-state index in [2.05, 4.69) is 4.98 Å². The number of thiophene rings is 1. The van der Waals surface area contributed by atoms with Crippen molar-refractivity contribution in [2.45, 2.75) is 25.9 Å². The second kappa shape index (κ2) is 8.07. The van der Waals surface area contributed by atoms with E-state index in [1.165, 1.54) is 29.0 Å². The lowest BCUT2D eigenvalue weighted by molar-refractivity contribution is 0.0732. The van der Waals surface area contributed by atoms with Crippen molar-refractivity contribution < 1.29 is 9.18 Å². The zero-order valence-corrected chi connectivity index (χ0v) is 17.6. The zero-order chi connectivity index (χ0) is 21.4. The van der Waals surface area contributed by atoms with E-state index in [9.17, 15) is 14.0 Å². The molecule has 0 radical (unpaired) electrons. The number of rotatable bonds is 4. The smallest absolute Gasteiger partial charge is 0.262 e. The van der Waals surface area contributed by atoms with Crippen LogP contribution in [0.4, 0.5) is 4.39 Å². The van der Waals surface area contributed by atoms with E-state index < -0.39 is 5.82 Å². The number of amides is 1. The van der Waals surface area contributed by atoms with Gasteiger partial charge < -0.3 is 4.90 Å². The molecular weight excluding hydrogens is 413 g/mol. The molecule has 0 saturated heterocycles. The van der Waals surface area contributed by atoms with E-state index in [0.29, 0.717) is 36.3 Å². The highest BCUT2D eigenvalue weighted by atomic mass is 32.1. The Morgan fingerprint density at radius 1 is 1.10 bits per heavy atom. The molecule has 0 atom stereocenters. The van der Waals surface area contributed by atoms with Crippen LogP contribution in [0.5, 0.6) is 0 Å². The van der Waals surface area contributed by atoms with Gasteiger partial charge in [-0.05, 0) is 36.1 Å². The van der Waals surface area contributed by atoms with Crippen molar-refractivity contribution in [2.24, 2.45) is 0 Å². The Hall–Kier alpha value is -3.32. The van der Waals surface area contributed by atoms with Crippen LogP contribution in [-0.4, -0.2) is 26.9 Å². The Morgan fingerprint density at radius 3 is 2.68 bits per heavy atom. The number of carbonyl (C=O) groups excluding carboxylic acids is 1. The Balaban J connectivity index is 1.42. The van der Waals surface area contributed by atoms with Gasteiger partial charge in [0, 0.05) is 18.0 Å². The normalized spacial score (nSPS) is 13.4. The van der Waals surface area contributed by atoms with Gasteiger partial charge in [-0.3, -0.25) is 14.2 Å². The van der Waals surface area contributed by atoms with E-state index in [4.69, 9.17) is 0 Å². The van der Waals surface area contributed by atoms with Crippen LogP contribution < -0.4 is 5.56 Å². The summed E-state index contributed by atoms with van der Waals surface area (Å²) in [5, 5.41) is 0.661. The standard InChI is InChI=1S/C24H20FN3O2S/c25-19-9-5-4-8-17(19)23(29)27-13-11-18-20(14-27)31-22-21(18)24(30)28(15-26-22)12-10-16-6-2-1-3-7-16/h1-9,15H,10-14H2. The van der Waals surface area contributed by atoms with Crippen molar-refractivity contribution in [1.29, 1.82) is 0 Å². The molecule has 1 aliphatic heterocycles. The summed E-state index contributed by atoms with van der Waals surface area (Å²) in [5.74, 6) is -0.841. The minimum Gasteiger partial charge on any atom is -0.333 e. The number of benzene rings is 2. The fourth-order valence-electron chi connectivity index (χ4n) is 4.05. The first-order chi connectivity index (χ1) is 15.1. The van der Waals surface area contributed by atoms with Crippen LogP contribution in [0.1, 0.15) is 26.4 Å². The summed E-state index contributed by atoms with van der Waals surface area (Å²) in [4.78, 5) is 33.8. The fourth-order valence-corrected chi connectivity index (χ4v) is 5.24. The molecule has 31 heavy (non-hydrogen) atoms. The molecule has 2 aromatic heterocycles. The van der Waals surface area contributed by atoms with E-state index in [1.807, 2.05) is 30.3 Å². The quantitative estimate of drug-likeness (QED) is 0.488. The lowest BCUT2D eigenvalue weighted by atomic mass is 10.0. The third-order valence-electron chi connectivity index (χ3n) is 5.70. The third-order valence-corrected chi connectivity index (χ3v) is 6.83. The molecule has 156 valence electrons. The van der Waals surface area contributed by atoms with Crippen LogP contribution in [0.25, 0.3) is 10.2 Å². The van der Waals surface area contributed by atoms with Crippen LogP contribution in [0.3, 0.4) is 0 Å². The van der Waals surface area contributed by atoms with Gasteiger partial charge in [0.25, 0.3) is 11.5 Å². The van der Waals surface area contributed by atoms with Crippen molar-refractivity contribution in [2.75, 3.05) is 6.54 Å². The molecule has 0 fully saturated rings. The molecule has 7 heteroatoms. The van der Waals surface area contributed by atoms with Gasteiger partial charge in [0.1, 0.15) is 10.6 Å². The zero-order valence-electron chi connectivity index (χ0n) is 16.8. The summed E-state index contributed by atoms with van der Waals surface area (Å²) >= 11 is 1.45. The lowest BCUT2D eigenvalue weighted by Crippen LogP contribution is -2.36. The van der Waals surface area contributed by atoms with Gasteiger partial charge in [0.15, 0.2) is 0 Å². The summed E-state index contributed by atoms with van der Waals surface area (Å²) in [7, 11) is 0. The number of hydrogen-bond acceptors (Lipinski definition) is 4. The molecule has 3 heterocycles. The van der Waals surface area contributed by atoms with Gasteiger partial charge in [0.2, 0.25) is 0 Å². The maximum atomic E-state index is 14.1. The molecule has 1 aliphatic rings. The van der Waals surface area contributed by atoms with Gasteiger partial charge in [-0.25, -0.2) is 9.37 Å². The molecule has 1 amide bonds. The number of halogens is 1. The molecule has 5 rings (SSSR count). The molecule has 0 unspecified atom stereocenters. The van der Waals surface area contributed by atoms with Gasteiger partial charge in [-0.2, -0.15) is 0 Å². The Morgan fingerprint density at radius 2 is 1.87 bits per heavy atom. The molecule has 4 aromatic rings. The minimum atomic E-state index is -0.516. The van der Waals surface area contributed by atoms with E-state index in [-0.39, 0.29) is 17.0 Å². The second-order valence-electron chi connectivity index (χ2n) is 7.62.